The number of hydrogen-bond acceptors (Lipinski definition) is 4. The molecule has 1 N–H and O–H groups in total. The Bertz CT molecular complexity index is 176. The van der Waals surface area contributed by atoms with E-state index >= 15 is 0 Å². The highest BCUT2D eigenvalue weighted by molar-refractivity contribution is 7.53. The van der Waals surface area contributed by atoms with Gasteiger partial charge >= 0.3 is 7.60 Å². The van der Waals surface area contributed by atoms with Crippen LogP contribution >= 0.6 is 7.60 Å². The van der Waals surface area contributed by atoms with Crippen LogP contribution < -0.4 is 0 Å². The van der Waals surface area contributed by atoms with Gasteiger partial charge in [0, 0.05) is 14.2 Å². The number of aliphatic hydroxyl groups excluding tert-OH is 1. The highest BCUT2D eigenvalue weighted by Gasteiger charge is 2.24. The second kappa shape index (κ2) is 7.41. The van der Waals surface area contributed by atoms with E-state index in [4.69, 9.17) is 9.05 Å². The molecule has 0 aromatic heterocycles. The van der Waals surface area contributed by atoms with Crippen molar-refractivity contribution in [2.24, 2.45) is 0 Å². The van der Waals surface area contributed by atoms with Gasteiger partial charge in [-0.05, 0) is 6.42 Å². The monoisotopic (exact) mass is 224 g/mol. The van der Waals surface area contributed by atoms with Gasteiger partial charge in [0.05, 0.1) is 12.3 Å². The van der Waals surface area contributed by atoms with Crippen LogP contribution in [0.5, 0.6) is 0 Å². The maximum absolute atomic E-state index is 11.6. The van der Waals surface area contributed by atoms with Crippen molar-refractivity contribution in [3.8, 4) is 0 Å². The number of hydrogen-bond donors (Lipinski definition) is 1. The number of rotatable bonds is 8. The summed E-state index contributed by atoms with van der Waals surface area (Å²) >= 11 is 0. The van der Waals surface area contributed by atoms with Gasteiger partial charge < -0.3 is 14.2 Å². The normalized spacial score (nSPS) is 14.3. The molecule has 1 atom stereocenters. The first-order valence-corrected chi connectivity index (χ1v) is 6.69. The van der Waals surface area contributed by atoms with E-state index in [2.05, 4.69) is 6.92 Å². The Balaban J connectivity index is 3.79. The first kappa shape index (κ1) is 14.1. The Morgan fingerprint density at radius 2 is 1.86 bits per heavy atom. The Morgan fingerprint density at radius 1 is 1.29 bits per heavy atom. The molecule has 0 radical (unpaired) electrons. The molecule has 0 heterocycles. The fraction of sp³-hybridized carbons (Fsp3) is 1.00. The van der Waals surface area contributed by atoms with Gasteiger partial charge in [-0.2, -0.15) is 0 Å². The highest BCUT2D eigenvalue weighted by Crippen LogP contribution is 2.47. The van der Waals surface area contributed by atoms with Crippen LogP contribution in [0, 0.1) is 0 Å². The van der Waals surface area contributed by atoms with E-state index in [-0.39, 0.29) is 6.16 Å². The molecule has 0 spiro atoms. The lowest BCUT2D eigenvalue weighted by Crippen LogP contribution is -2.14. The van der Waals surface area contributed by atoms with Crippen molar-refractivity contribution in [1.29, 1.82) is 0 Å². The van der Waals surface area contributed by atoms with Crippen LogP contribution in [0.25, 0.3) is 0 Å². The Kier molecular flexibility index (Phi) is 7.47. The molecule has 0 aromatic carbocycles. The zero-order valence-corrected chi connectivity index (χ0v) is 10.1. The average Bonchev–Trinajstić information content (AvgIpc) is 2.18. The molecule has 14 heavy (non-hydrogen) atoms. The largest absolute Gasteiger partial charge is 0.392 e. The van der Waals surface area contributed by atoms with Crippen LogP contribution in [0.3, 0.4) is 0 Å². The Morgan fingerprint density at radius 3 is 2.29 bits per heavy atom. The molecule has 86 valence electrons. The molecule has 0 rings (SSSR count). The van der Waals surface area contributed by atoms with Crippen LogP contribution in [-0.2, 0) is 13.6 Å². The summed E-state index contributed by atoms with van der Waals surface area (Å²) in [5.41, 5.74) is 0. The Hall–Kier alpha value is 0.110. The fourth-order valence-corrected chi connectivity index (χ4v) is 2.35. The van der Waals surface area contributed by atoms with E-state index < -0.39 is 13.7 Å². The van der Waals surface area contributed by atoms with Gasteiger partial charge in [0.15, 0.2) is 0 Å². The van der Waals surface area contributed by atoms with Gasteiger partial charge in [0.2, 0.25) is 0 Å². The SMILES string of the molecule is CCCCC[C@H](O)CP(=O)(OC)OC. The van der Waals surface area contributed by atoms with Gasteiger partial charge in [0.25, 0.3) is 0 Å². The minimum absolute atomic E-state index is 0.0870. The minimum atomic E-state index is -3.04. The third-order valence-electron chi connectivity index (χ3n) is 2.13. The molecule has 0 aromatic rings. The predicted molar refractivity (Wildman–Crippen MR) is 56.6 cm³/mol. The van der Waals surface area contributed by atoms with Crippen LogP contribution in [0.1, 0.15) is 32.6 Å². The molecular formula is C9H21O4P. The van der Waals surface area contributed by atoms with Crippen molar-refractivity contribution < 1.29 is 18.7 Å². The molecule has 0 amide bonds. The van der Waals surface area contributed by atoms with Crippen molar-refractivity contribution in [3.05, 3.63) is 0 Å². The van der Waals surface area contributed by atoms with Crippen LogP contribution in [0.15, 0.2) is 0 Å². The molecule has 0 bridgehead atoms. The number of aliphatic hydroxyl groups is 1. The van der Waals surface area contributed by atoms with E-state index in [0.717, 1.165) is 19.3 Å². The highest BCUT2D eigenvalue weighted by atomic mass is 31.2. The Labute approximate surface area is 86.1 Å². The van der Waals surface area contributed by atoms with E-state index in [1.54, 1.807) is 0 Å². The third kappa shape index (κ3) is 5.76. The van der Waals surface area contributed by atoms with E-state index in [9.17, 15) is 9.67 Å². The summed E-state index contributed by atoms with van der Waals surface area (Å²) in [6, 6.07) is 0. The van der Waals surface area contributed by atoms with E-state index in [1.807, 2.05) is 0 Å². The molecule has 0 saturated heterocycles. The summed E-state index contributed by atoms with van der Waals surface area (Å²) in [6.45, 7) is 2.10. The molecule has 5 heteroatoms. The lowest BCUT2D eigenvalue weighted by atomic mass is 10.1. The summed E-state index contributed by atoms with van der Waals surface area (Å²) in [6.07, 6.45) is 3.30. The summed E-state index contributed by atoms with van der Waals surface area (Å²) in [5, 5.41) is 9.54. The van der Waals surface area contributed by atoms with Gasteiger partial charge in [-0.1, -0.05) is 26.2 Å². The molecule has 4 nitrogen and oxygen atoms in total. The molecule has 0 aliphatic rings. The molecule has 0 unspecified atom stereocenters. The maximum Gasteiger partial charge on any atom is 0.332 e. The van der Waals surface area contributed by atoms with Crippen LogP contribution in [0.4, 0.5) is 0 Å². The number of unbranched alkanes of at least 4 members (excludes halogenated alkanes) is 2. The van der Waals surface area contributed by atoms with Gasteiger partial charge in [-0.3, -0.25) is 4.57 Å². The average molecular weight is 224 g/mol. The fourth-order valence-electron chi connectivity index (χ4n) is 1.20. The molecule has 0 aliphatic heterocycles. The van der Waals surface area contributed by atoms with Crippen molar-refractivity contribution in [2.45, 2.75) is 38.7 Å². The van der Waals surface area contributed by atoms with Crippen molar-refractivity contribution in [2.75, 3.05) is 20.4 Å². The van der Waals surface area contributed by atoms with E-state index in [1.165, 1.54) is 14.2 Å². The van der Waals surface area contributed by atoms with Gasteiger partial charge in [-0.15, -0.1) is 0 Å². The van der Waals surface area contributed by atoms with Gasteiger partial charge in [0.1, 0.15) is 0 Å². The topological polar surface area (TPSA) is 55.8 Å². The van der Waals surface area contributed by atoms with Crippen molar-refractivity contribution in [1.82, 2.24) is 0 Å². The van der Waals surface area contributed by atoms with Crippen LogP contribution in [-0.4, -0.2) is 31.6 Å². The lowest BCUT2D eigenvalue weighted by molar-refractivity contribution is 0.168. The van der Waals surface area contributed by atoms with Gasteiger partial charge in [-0.25, -0.2) is 0 Å². The standard InChI is InChI=1S/C9H21O4P/c1-4-5-6-7-9(10)8-14(11,12-2)13-3/h9-10H,4-8H2,1-3H3/t9-/m0/s1. The molecular weight excluding hydrogens is 203 g/mol. The van der Waals surface area contributed by atoms with Crippen molar-refractivity contribution in [3.63, 3.8) is 0 Å². The quantitative estimate of drug-likeness (QED) is 0.508. The summed E-state index contributed by atoms with van der Waals surface area (Å²) < 4.78 is 21.1. The minimum Gasteiger partial charge on any atom is -0.392 e. The zero-order chi connectivity index (χ0) is 11.0. The maximum atomic E-state index is 11.6. The third-order valence-corrected chi connectivity index (χ3v) is 4.11. The predicted octanol–water partition coefficient (Wildman–Crippen LogP) is 2.41. The first-order chi connectivity index (χ1) is 6.58. The van der Waals surface area contributed by atoms with E-state index in [0.29, 0.717) is 6.42 Å². The summed E-state index contributed by atoms with van der Waals surface area (Å²) in [5.74, 6) is 0. The molecule has 0 fully saturated rings. The summed E-state index contributed by atoms with van der Waals surface area (Å²) in [4.78, 5) is 0. The lowest BCUT2D eigenvalue weighted by Gasteiger charge is -2.17. The van der Waals surface area contributed by atoms with Crippen molar-refractivity contribution >= 4 is 7.60 Å². The molecule has 0 saturated carbocycles. The smallest absolute Gasteiger partial charge is 0.332 e. The first-order valence-electron chi connectivity index (χ1n) is 4.96. The summed E-state index contributed by atoms with van der Waals surface area (Å²) in [7, 11) is -0.363. The molecule has 0 aliphatic carbocycles. The second-order valence-electron chi connectivity index (χ2n) is 3.31. The van der Waals surface area contributed by atoms with Crippen LogP contribution in [0.2, 0.25) is 0 Å². The second-order valence-corrected chi connectivity index (χ2v) is 5.63. The zero-order valence-electron chi connectivity index (χ0n) is 9.23.